The van der Waals surface area contributed by atoms with E-state index in [-0.39, 0.29) is 11.8 Å². The molecule has 1 heterocycles. The number of aliphatic hydroxyl groups is 1. The van der Waals surface area contributed by atoms with Gasteiger partial charge in [-0.15, -0.1) is 0 Å². The van der Waals surface area contributed by atoms with Crippen molar-refractivity contribution in [1.82, 2.24) is 4.90 Å². The Hall–Kier alpha value is -0.900. The fourth-order valence-electron chi connectivity index (χ4n) is 1.35. The summed E-state index contributed by atoms with van der Waals surface area (Å²) in [5.41, 5.74) is 0. The van der Waals surface area contributed by atoms with Gasteiger partial charge in [0.25, 0.3) is 0 Å². The number of piperidine rings is 1. The van der Waals surface area contributed by atoms with E-state index < -0.39 is 6.61 Å². The quantitative estimate of drug-likeness (QED) is 0.597. The van der Waals surface area contributed by atoms with Crippen LogP contribution in [0.2, 0.25) is 0 Å². The van der Waals surface area contributed by atoms with Gasteiger partial charge in [-0.1, -0.05) is 0 Å². The number of carbonyl (C=O) groups excluding carboxylic acids is 2. The molecule has 12 heavy (non-hydrogen) atoms. The Labute approximate surface area is 71.2 Å². The molecule has 0 saturated carbocycles. The van der Waals surface area contributed by atoms with Crippen molar-refractivity contribution in [3.05, 3.63) is 0 Å². The van der Waals surface area contributed by atoms with Crippen LogP contribution in [-0.4, -0.2) is 41.9 Å². The maximum absolute atomic E-state index is 10.9. The van der Waals surface area contributed by atoms with Gasteiger partial charge in [0.2, 0.25) is 12.2 Å². The van der Waals surface area contributed by atoms with Crippen molar-refractivity contribution in [3.8, 4) is 0 Å². The Balaban J connectivity index is 2.35. The van der Waals surface area contributed by atoms with Crippen LogP contribution in [-0.2, 0) is 9.59 Å². The van der Waals surface area contributed by atoms with E-state index >= 15 is 0 Å². The minimum absolute atomic E-state index is 0.0206. The summed E-state index contributed by atoms with van der Waals surface area (Å²) in [7, 11) is 0. The zero-order valence-corrected chi connectivity index (χ0v) is 6.82. The molecule has 4 heteroatoms. The normalized spacial score (nSPS) is 19.2. The van der Waals surface area contributed by atoms with Gasteiger partial charge in [0, 0.05) is 19.0 Å². The molecular weight excluding hydrogens is 158 g/mol. The number of hydrogen-bond donors (Lipinski definition) is 1. The first kappa shape index (κ1) is 9.19. The summed E-state index contributed by atoms with van der Waals surface area (Å²) in [4.78, 5) is 22.7. The molecule has 0 bridgehead atoms. The third kappa shape index (κ3) is 2.04. The second-order valence-corrected chi connectivity index (χ2v) is 2.93. The van der Waals surface area contributed by atoms with Crippen molar-refractivity contribution >= 4 is 12.2 Å². The van der Waals surface area contributed by atoms with Gasteiger partial charge >= 0.3 is 0 Å². The highest BCUT2D eigenvalue weighted by atomic mass is 16.3. The van der Waals surface area contributed by atoms with E-state index in [2.05, 4.69) is 0 Å². The van der Waals surface area contributed by atoms with Gasteiger partial charge in [0.1, 0.15) is 6.61 Å². The molecule has 1 aliphatic rings. The highest BCUT2D eigenvalue weighted by Crippen LogP contribution is 2.14. The van der Waals surface area contributed by atoms with Crippen molar-refractivity contribution in [1.29, 1.82) is 0 Å². The Kier molecular flexibility index (Phi) is 3.22. The van der Waals surface area contributed by atoms with Crippen LogP contribution < -0.4 is 0 Å². The standard InChI is InChI=1S/C8H12NO3/c10-5-7-1-3-9(4-2-7)8(12)6-11/h7,11H,1-4,6H2. The largest absolute Gasteiger partial charge is 0.387 e. The van der Waals surface area contributed by atoms with Crippen LogP contribution in [0.3, 0.4) is 0 Å². The summed E-state index contributed by atoms with van der Waals surface area (Å²) < 4.78 is 0. The van der Waals surface area contributed by atoms with Gasteiger partial charge in [-0.3, -0.25) is 9.59 Å². The molecule has 1 amide bonds. The van der Waals surface area contributed by atoms with E-state index in [1.54, 1.807) is 4.90 Å². The molecule has 1 N–H and O–H groups in total. The molecule has 1 aliphatic heterocycles. The molecule has 1 rings (SSSR count). The second kappa shape index (κ2) is 4.21. The van der Waals surface area contributed by atoms with Crippen LogP contribution >= 0.6 is 0 Å². The maximum Gasteiger partial charge on any atom is 0.248 e. The molecule has 0 aromatic rings. The smallest absolute Gasteiger partial charge is 0.248 e. The number of hydrogen-bond acceptors (Lipinski definition) is 3. The zero-order chi connectivity index (χ0) is 8.97. The SMILES string of the molecule is O=[C]C1CCN(C(=O)CO)CC1. The zero-order valence-electron chi connectivity index (χ0n) is 6.82. The summed E-state index contributed by atoms with van der Waals surface area (Å²) >= 11 is 0. The molecule has 67 valence electrons. The van der Waals surface area contributed by atoms with Crippen LogP contribution in [0, 0.1) is 5.92 Å². The molecular formula is C8H12NO3. The maximum atomic E-state index is 10.9. The van der Waals surface area contributed by atoms with Crippen molar-refractivity contribution in [2.24, 2.45) is 5.92 Å². The van der Waals surface area contributed by atoms with Crippen LogP contribution in [0.25, 0.3) is 0 Å². The first-order valence-corrected chi connectivity index (χ1v) is 4.04. The molecule has 1 saturated heterocycles. The molecule has 4 nitrogen and oxygen atoms in total. The predicted octanol–water partition coefficient (Wildman–Crippen LogP) is -0.673. The molecule has 0 aliphatic carbocycles. The molecule has 0 atom stereocenters. The number of rotatable bonds is 2. The third-order valence-corrected chi connectivity index (χ3v) is 2.15. The summed E-state index contributed by atoms with van der Waals surface area (Å²) in [6.07, 6.45) is 3.28. The summed E-state index contributed by atoms with van der Waals surface area (Å²) in [6, 6.07) is 0. The predicted molar refractivity (Wildman–Crippen MR) is 42.1 cm³/mol. The van der Waals surface area contributed by atoms with E-state index in [0.29, 0.717) is 25.9 Å². The number of nitrogens with zero attached hydrogens (tertiary/aromatic N) is 1. The average Bonchev–Trinajstić information content (AvgIpc) is 2.17. The van der Waals surface area contributed by atoms with Crippen LogP contribution in [0.15, 0.2) is 0 Å². The topological polar surface area (TPSA) is 57.6 Å². The molecule has 1 fully saturated rings. The van der Waals surface area contributed by atoms with Gasteiger partial charge in [0.05, 0.1) is 0 Å². The monoisotopic (exact) mass is 170 g/mol. The third-order valence-electron chi connectivity index (χ3n) is 2.15. The lowest BCUT2D eigenvalue weighted by Crippen LogP contribution is -2.40. The lowest BCUT2D eigenvalue weighted by molar-refractivity contribution is -0.135. The van der Waals surface area contributed by atoms with Gasteiger partial charge in [0.15, 0.2) is 0 Å². The minimum Gasteiger partial charge on any atom is -0.387 e. The van der Waals surface area contributed by atoms with Gasteiger partial charge < -0.3 is 10.0 Å². The number of amides is 1. The van der Waals surface area contributed by atoms with Crippen molar-refractivity contribution < 1.29 is 14.7 Å². The number of carbonyl (C=O) groups is 1. The average molecular weight is 170 g/mol. The van der Waals surface area contributed by atoms with Crippen LogP contribution in [0.1, 0.15) is 12.8 Å². The van der Waals surface area contributed by atoms with Crippen LogP contribution in [0.5, 0.6) is 0 Å². The fourth-order valence-corrected chi connectivity index (χ4v) is 1.35. The van der Waals surface area contributed by atoms with E-state index in [1.165, 1.54) is 0 Å². The Bertz CT molecular complexity index is 173. The second-order valence-electron chi connectivity index (χ2n) is 2.93. The van der Waals surface area contributed by atoms with Crippen molar-refractivity contribution in [3.63, 3.8) is 0 Å². The van der Waals surface area contributed by atoms with E-state index in [0.717, 1.165) is 0 Å². The molecule has 1 radical (unpaired) electrons. The van der Waals surface area contributed by atoms with Gasteiger partial charge in [-0.2, -0.15) is 0 Å². The van der Waals surface area contributed by atoms with Gasteiger partial charge in [-0.05, 0) is 12.8 Å². The Morgan fingerprint density at radius 3 is 2.50 bits per heavy atom. The Morgan fingerprint density at radius 1 is 1.50 bits per heavy atom. The van der Waals surface area contributed by atoms with Crippen molar-refractivity contribution in [2.75, 3.05) is 19.7 Å². The summed E-state index contributed by atoms with van der Waals surface area (Å²) in [5.74, 6) is -0.271. The lowest BCUT2D eigenvalue weighted by Gasteiger charge is -2.28. The summed E-state index contributed by atoms with van der Waals surface area (Å²) in [5, 5.41) is 8.54. The van der Waals surface area contributed by atoms with E-state index in [9.17, 15) is 9.59 Å². The molecule has 0 spiro atoms. The highest BCUT2D eigenvalue weighted by molar-refractivity contribution is 5.77. The minimum atomic E-state index is -0.435. The highest BCUT2D eigenvalue weighted by Gasteiger charge is 2.21. The molecule has 0 aromatic carbocycles. The van der Waals surface area contributed by atoms with E-state index in [4.69, 9.17) is 5.11 Å². The van der Waals surface area contributed by atoms with Crippen molar-refractivity contribution in [2.45, 2.75) is 12.8 Å². The number of likely N-dealkylation sites (tertiary alicyclic amines) is 1. The molecule has 0 aromatic heterocycles. The fraction of sp³-hybridized carbons (Fsp3) is 0.750. The lowest BCUT2D eigenvalue weighted by atomic mass is 9.99. The Morgan fingerprint density at radius 2 is 2.08 bits per heavy atom. The first-order valence-electron chi connectivity index (χ1n) is 4.04. The molecule has 0 unspecified atom stereocenters. The number of aliphatic hydroxyl groups excluding tert-OH is 1. The summed E-state index contributed by atoms with van der Waals surface area (Å²) in [6.45, 7) is 0.702. The first-order chi connectivity index (χ1) is 5.77. The van der Waals surface area contributed by atoms with E-state index in [1.807, 2.05) is 6.29 Å². The van der Waals surface area contributed by atoms with Crippen LogP contribution in [0.4, 0.5) is 0 Å². The van der Waals surface area contributed by atoms with Gasteiger partial charge in [-0.25, -0.2) is 0 Å².